The van der Waals surface area contributed by atoms with E-state index in [0.717, 1.165) is 26.1 Å². The van der Waals surface area contributed by atoms with E-state index < -0.39 is 0 Å². The highest BCUT2D eigenvalue weighted by Gasteiger charge is 2.11. The number of rotatable bonds is 8. The van der Waals surface area contributed by atoms with Crippen LogP contribution in [0.2, 0.25) is 0 Å². The molecular weight excluding hydrogens is 224 g/mol. The molecule has 0 atom stereocenters. The molecule has 0 bridgehead atoms. The Bertz CT molecular complexity index is 339. The Labute approximate surface area is 111 Å². The lowest BCUT2D eigenvalue weighted by Crippen LogP contribution is -2.32. The summed E-state index contributed by atoms with van der Waals surface area (Å²) in [5, 5.41) is 0. The van der Waals surface area contributed by atoms with E-state index in [0.29, 0.717) is 12.5 Å². The van der Waals surface area contributed by atoms with Crippen LogP contribution in [0.25, 0.3) is 0 Å². The average molecular weight is 250 g/mol. The molecule has 0 saturated carbocycles. The van der Waals surface area contributed by atoms with Crippen LogP contribution in [-0.4, -0.2) is 33.4 Å². The average Bonchev–Trinajstić information content (AvgIpc) is 2.35. The predicted molar refractivity (Wildman–Crippen MR) is 78.1 cm³/mol. The first-order valence-corrected chi connectivity index (χ1v) is 6.71. The monoisotopic (exact) mass is 250 g/mol. The zero-order valence-corrected chi connectivity index (χ0v) is 11.9. The Morgan fingerprint density at radius 2 is 2.00 bits per heavy atom. The van der Waals surface area contributed by atoms with Gasteiger partial charge in [-0.3, -0.25) is 0 Å². The van der Waals surface area contributed by atoms with Gasteiger partial charge in [-0.2, -0.15) is 0 Å². The number of benzene rings is 1. The molecular formula is C15H26N2O. The first kappa shape index (κ1) is 15.0. The minimum absolute atomic E-state index is 0.632. The van der Waals surface area contributed by atoms with E-state index in [9.17, 15) is 0 Å². The van der Waals surface area contributed by atoms with Gasteiger partial charge in [0.2, 0.25) is 0 Å². The molecule has 3 nitrogen and oxygen atoms in total. The summed E-state index contributed by atoms with van der Waals surface area (Å²) >= 11 is 0. The Hall–Kier alpha value is -1.06. The zero-order chi connectivity index (χ0) is 13.4. The van der Waals surface area contributed by atoms with Crippen molar-refractivity contribution in [1.29, 1.82) is 0 Å². The van der Waals surface area contributed by atoms with Gasteiger partial charge in [-0.15, -0.1) is 0 Å². The van der Waals surface area contributed by atoms with E-state index in [-0.39, 0.29) is 0 Å². The van der Waals surface area contributed by atoms with Gasteiger partial charge in [-0.05, 0) is 30.5 Å². The minimum Gasteiger partial charge on any atom is -0.383 e. The van der Waals surface area contributed by atoms with Crippen LogP contribution < -0.4 is 10.6 Å². The van der Waals surface area contributed by atoms with E-state index in [1.807, 2.05) is 0 Å². The lowest BCUT2D eigenvalue weighted by Gasteiger charge is -2.28. The van der Waals surface area contributed by atoms with Crippen LogP contribution in [0.4, 0.5) is 5.69 Å². The van der Waals surface area contributed by atoms with Gasteiger partial charge in [0.1, 0.15) is 0 Å². The lowest BCUT2D eigenvalue weighted by molar-refractivity contribution is 0.204. The molecule has 0 saturated heterocycles. The molecule has 3 heteroatoms. The molecule has 1 aromatic carbocycles. The standard InChI is InChI=1S/C15H26N2O/c1-13(2)12-17(10-11-18-3)15-7-5-4-6-14(15)8-9-16/h4-7,13H,8-12,16H2,1-3H3. The number of hydrogen-bond acceptors (Lipinski definition) is 3. The van der Waals surface area contributed by atoms with Crippen molar-refractivity contribution in [1.82, 2.24) is 0 Å². The van der Waals surface area contributed by atoms with Crippen molar-refractivity contribution in [2.45, 2.75) is 20.3 Å². The number of nitrogens with zero attached hydrogens (tertiary/aromatic N) is 1. The zero-order valence-electron chi connectivity index (χ0n) is 11.9. The SMILES string of the molecule is COCCN(CC(C)C)c1ccccc1CCN. The second-order valence-corrected chi connectivity index (χ2v) is 5.00. The summed E-state index contributed by atoms with van der Waals surface area (Å²) in [7, 11) is 1.75. The fraction of sp³-hybridized carbons (Fsp3) is 0.600. The molecule has 0 aromatic heterocycles. The summed E-state index contributed by atoms with van der Waals surface area (Å²) in [6, 6.07) is 8.53. The fourth-order valence-corrected chi connectivity index (χ4v) is 2.14. The Morgan fingerprint density at radius 3 is 2.61 bits per heavy atom. The van der Waals surface area contributed by atoms with Crippen LogP contribution in [-0.2, 0) is 11.2 Å². The van der Waals surface area contributed by atoms with Gasteiger partial charge in [-0.25, -0.2) is 0 Å². The van der Waals surface area contributed by atoms with Gasteiger partial charge in [0.05, 0.1) is 6.61 Å². The minimum atomic E-state index is 0.632. The molecule has 0 heterocycles. The van der Waals surface area contributed by atoms with E-state index in [1.165, 1.54) is 11.3 Å². The van der Waals surface area contributed by atoms with Gasteiger partial charge in [0.25, 0.3) is 0 Å². The number of methoxy groups -OCH3 is 1. The summed E-state index contributed by atoms with van der Waals surface area (Å²) < 4.78 is 5.21. The molecule has 102 valence electrons. The highest BCUT2D eigenvalue weighted by Crippen LogP contribution is 2.21. The number of anilines is 1. The normalized spacial score (nSPS) is 10.9. The van der Waals surface area contributed by atoms with E-state index in [2.05, 4.69) is 43.0 Å². The first-order valence-electron chi connectivity index (χ1n) is 6.71. The molecule has 0 aliphatic heterocycles. The molecule has 0 unspecified atom stereocenters. The maximum Gasteiger partial charge on any atom is 0.0637 e. The van der Waals surface area contributed by atoms with Gasteiger partial charge in [0.15, 0.2) is 0 Å². The third kappa shape index (κ3) is 4.67. The van der Waals surface area contributed by atoms with Crippen molar-refractivity contribution >= 4 is 5.69 Å². The number of para-hydroxylation sites is 1. The van der Waals surface area contributed by atoms with Gasteiger partial charge in [-0.1, -0.05) is 32.0 Å². The van der Waals surface area contributed by atoms with Crippen LogP contribution in [0.3, 0.4) is 0 Å². The maximum atomic E-state index is 5.69. The first-order chi connectivity index (χ1) is 8.69. The molecule has 2 N–H and O–H groups in total. The van der Waals surface area contributed by atoms with Crippen LogP contribution in [0.1, 0.15) is 19.4 Å². The maximum absolute atomic E-state index is 5.69. The highest BCUT2D eigenvalue weighted by molar-refractivity contribution is 5.53. The van der Waals surface area contributed by atoms with Crippen molar-refractivity contribution in [2.75, 3.05) is 38.3 Å². The van der Waals surface area contributed by atoms with Crippen LogP contribution in [0, 0.1) is 5.92 Å². The van der Waals surface area contributed by atoms with Gasteiger partial charge < -0.3 is 15.4 Å². The lowest BCUT2D eigenvalue weighted by atomic mass is 10.1. The smallest absolute Gasteiger partial charge is 0.0637 e. The molecule has 1 rings (SSSR count). The summed E-state index contributed by atoms with van der Waals surface area (Å²) in [6.07, 6.45) is 0.928. The third-order valence-corrected chi connectivity index (χ3v) is 2.90. The van der Waals surface area contributed by atoms with Crippen LogP contribution in [0.5, 0.6) is 0 Å². The molecule has 0 aliphatic rings. The largest absolute Gasteiger partial charge is 0.383 e. The molecule has 0 spiro atoms. The van der Waals surface area contributed by atoms with Crippen molar-refractivity contribution in [3.05, 3.63) is 29.8 Å². The Morgan fingerprint density at radius 1 is 1.28 bits per heavy atom. The van der Waals surface area contributed by atoms with Crippen LogP contribution >= 0.6 is 0 Å². The number of hydrogen-bond donors (Lipinski definition) is 1. The summed E-state index contributed by atoms with van der Waals surface area (Å²) in [5.74, 6) is 0.632. The predicted octanol–water partition coefficient (Wildman–Crippen LogP) is 2.30. The number of ether oxygens (including phenoxy) is 1. The second-order valence-electron chi connectivity index (χ2n) is 5.00. The Balaban J connectivity index is 2.88. The molecule has 0 fully saturated rings. The van der Waals surface area contributed by atoms with Crippen molar-refractivity contribution in [3.63, 3.8) is 0 Å². The topological polar surface area (TPSA) is 38.5 Å². The molecule has 0 aliphatic carbocycles. The second kappa shape index (κ2) is 8.11. The molecule has 0 radical (unpaired) electrons. The molecule has 18 heavy (non-hydrogen) atoms. The van der Waals surface area contributed by atoms with Crippen molar-refractivity contribution in [3.8, 4) is 0 Å². The number of nitrogens with two attached hydrogens (primary N) is 1. The summed E-state index contributed by atoms with van der Waals surface area (Å²) in [4.78, 5) is 2.40. The quantitative estimate of drug-likeness (QED) is 0.769. The van der Waals surface area contributed by atoms with Crippen molar-refractivity contribution < 1.29 is 4.74 Å². The van der Waals surface area contributed by atoms with Gasteiger partial charge in [0, 0.05) is 25.9 Å². The molecule has 1 aromatic rings. The molecule has 0 amide bonds. The summed E-state index contributed by atoms with van der Waals surface area (Å²) in [6.45, 7) is 7.90. The van der Waals surface area contributed by atoms with Crippen LogP contribution in [0.15, 0.2) is 24.3 Å². The Kier molecular flexibility index (Phi) is 6.76. The van der Waals surface area contributed by atoms with Crippen molar-refractivity contribution in [2.24, 2.45) is 11.7 Å². The highest BCUT2D eigenvalue weighted by atomic mass is 16.5. The van der Waals surface area contributed by atoms with E-state index in [1.54, 1.807) is 7.11 Å². The van der Waals surface area contributed by atoms with E-state index >= 15 is 0 Å². The third-order valence-electron chi connectivity index (χ3n) is 2.90. The van der Waals surface area contributed by atoms with E-state index in [4.69, 9.17) is 10.5 Å². The van der Waals surface area contributed by atoms with Gasteiger partial charge >= 0.3 is 0 Å². The summed E-state index contributed by atoms with van der Waals surface area (Å²) in [5.41, 5.74) is 8.32. The fourth-order valence-electron chi connectivity index (χ4n) is 2.14.